The smallest absolute Gasteiger partial charge is 0.115 e. The first-order valence-corrected chi connectivity index (χ1v) is 10.5. The minimum absolute atomic E-state index is 0.296. The third kappa shape index (κ3) is 2.84. The van der Waals surface area contributed by atoms with Crippen molar-refractivity contribution in [3.05, 3.63) is 59.2 Å². The molecule has 5 rings (SSSR count). The van der Waals surface area contributed by atoms with E-state index in [1.54, 1.807) is 12.1 Å². The van der Waals surface area contributed by atoms with Crippen LogP contribution < -0.4 is 0 Å². The van der Waals surface area contributed by atoms with Crippen LogP contribution in [0.3, 0.4) is 0 Å². The number of phenols is 2. The minimum Gasteiger partial charge on any atom is -0.508 e. The number of fused-ring (bicyclic) bond motifs is 1. The average molecular weight is 364 g/mol. The average Bonchev–Trinajstić information content (AvgIpc) is 2.69. The second-order valence-corrected chi connectivity index (χ2v) is 8.82. The van der Waals surface area contributed by atoms with Crippen LogP contribution in [0.5, 0.6) is 11.5 Å². The van der Waals surface area contributed by atoms with Gasteiger partial charge in [-0.1, -0.05) is 31.0 Å². The summed E-state index contributed by atoms with van der Waals surface area (Å²) in [4.78, 5) is 2.73. The van der Waals surface area contributed by atoms with Crippen LogP contribution in [0.4, 0.5) is 0 Å². The van der Waals surface area contributed by atoms with Crippen LogP contribution in [0, 0.1) is 5.92 Å². The zero-order valence-electron chi connectivity index (χ0n) is 15.9. The van der Waals surface area contributed by atoms with Crippen molar-refractivity contribution in [2.24, 2.45) is 5.92 Å². The van der Waals surface area contributed by atoms with Gasteiger partial charge in [0.05, 0.1) is 0 Å². The first kappa shape index (κ1) is 17.1. The number of phenolic OH excluding ortho intramolecular Hbond substituents is 2. The lowest BCUT2D eigenvalue weighted by molar-refractivity contribution is -0.0106. The van der Waals surface area contributed by atoms with Gasteiger partial charge in [-0.2, -0.15) is 0 Å². The Hall–Kier alpha value is -2.00. The summed E-state index contributed by atoms with van der Waals surface area (Å²) >= 11 is 0. The first-order chi connectivity index (χ1) is 13.2. The number of hydrogen-bond acceptors (Lipinski definition) is 3. The van der Waals surface area contributed by atoms with Gasteiger partial charge in [0.25, 0.3) is 0 Å². The van der Waals surface area contributed by atoms with Gasteiger partial charge in [-0.15, -0.1) is 0 Å². The molecule has 2 aromatic carbocycles. The van der Waals surface area contributed by atoms with Crippen molar-refractivity contribution in [3.8, 4) is 11.5 Å². The number of rotatable bonds is 3. The fraction of sp³-hybridized carbons (Fsp3) is 0.500. The number of piperidine rings is 1. The molecule has 0 unspecified atom stereocenters. The molecule has 0 amide bonds. The Morgan fingerprint density at radius 3 is 2.63 bits per heavy atom. The van der Waals surface area contributed by atoms with Crippen molar-refractivity contribution in [2.75, 3.05) is 13.1 Å². The predicted molar refractivity (Wildman–Crippen MR) is 107 cm³/mol. The minimum atomic E-state index is 0.296. The highest BCUT2D eigenvalue weighted by molar-refractivity contribution is 5.45. The van der Waals surface area contributed by atoms with Crippen LogP contribution in [0.15, 0.2) is 42.5 Å². The van der Waals surface area contributed by atoms with Crippen molar-refractivity contribution in [3.63, 3.8) is 0 Å². The van der Waals surface area contributed by atoms with Crippen LogP contribution in [0.2, 0.25) is 0 Å². The van der Waals surface area contributed by atoms with Crippen LogP contribution >= 0.6 is 0 Å². The maximum Gasteiger partial charge on any atom is 0.115 e. The standard InChI is InChI=1S/C24H29NO2/c26-19-7-4-17(5-8-19)10-13-25-14-12-24-11-2-1-3-21(24)23(25)15-18-6-9-20(27)16-22(18)24/h4-9,16,21,23,26-27H,1-3,10-15H2/t21-,23-,24+/m0/s1. The van der Waals surface area contributed by atoms with E-state index in [1.165, 1.54) is 48.8 Å². The summed E-state index contributed by atoms with van der Waals surface area (Å²) in [7, 11) is 0. The molecule has 1 saturated carbocycles. The van der Waals surface area contributed by atoms with Crippen molar-refractivity contribution in [1.29, 1.82) is 0 Å². The van der Waals surface area contributed by atoms with Crippen LogP contribution in [-0.4, -0.2) is 34.2 Å². The Labute approximate surface area is 161 Å². The van der Waals surface area contributed by atoms with Gasteiger partial charge in [0.1, 0.15) is 11.5 Å². The van der Waals surface area contributed by atoms with Gasteiger partial charge in [0.2, 0.25) is 0 Å². The molecular weight excluding hydrogens is 334 g/mol. The lowest BCUT2D eigenvalue weighted by Gasteiger charge is -2.59. The maximum atomic E-state index is 10.1. The van der Waals surface area contributed by atoms with Crippen molar-refractivity contribution in [2.45, 2.75) is 56.4 Å². The summed E-state index contributed by atoms with van der Waals surface area (Å²) in [6.45, 7) is 2.25. The SMILES string of the molecule is Oc1ccc(CCN2CC[C@]34CCCC[C@H]3[C@@H]2Cc2ccc(O)cc24)cc1. The van der Waals surface area contributed by atoms with Gasteiger partial charge in [-0.25, -0.2) is 0 Å². The molecule has 27 heavy (non-hydrogen) atoms. The molecule has 142 valence electrons. The molecule has 1 saturated heterocycles. The molecule has 2 aliphatic carbocycles. The van der Waals surface area contributed by atoms with Gasteiger partial charge >= 0.3 is 0 Å². The Bertz CT molecular complexity index is 831. The largest absolute Gasteiger partial charge is 0.508 e. The van der Waals surface area contributed by atoms with Gasteiger partial charge in [0.15, 0.2) is 0 Å². The number of hydrogen-bond donors (Lipinski definition) is 2. The van der Waals surface area contributed by atoms with Crippen molar-refractivity contribution < 1.29 is 10.2 Å². The molecule has 3 nitrogen and oxygen atoms in total. The topological polar surface area (TPSA) is 43.7 Å². The second kappa shape index (κ2) is 6.56. The van der Waals surface area contributed by atoms with E-state index in [0.717, 1.165) is 31.8 Å². The molecule has 1 aliphatic heterocycles. The van der Waals surface area contributed by atoms with E-state index in [-0.39, 0.29) is 0 Å². The number of aromatic hydroxyl groups is 2. The monoisotopic (exact) mass is 363 g/mol. The van der Waals surface area contributed by atoms with E-state index < -0.39 is 0 Å². The third-order valence-electron chi connectivity index (χ3n) is 7.56. The highest BCUT2D eigenvalue weighted by atomic mass is 16.3. The Kier molecular flexibility index (Phi) is 4.16. The van der Waals surface area contributed by atoms with E-state index in [2.05, 4.69) is 17.0 Å². The molecule has 3 atom stereocenters. The normalized spacial score (nSPS) is 29.8. The van der Waals surface area contributed by atoms with E-state index in [9.17, 15) is 10.2 Å². The van der Waals surface area contributed by atoms with E-state index in [1.807, 2.05) is 18.2 Å². The lowest BCUT2D eigenvalue weighted by Crippen LogP contribution is -2.61. The molecule has 2 aromatic rings. The second-order valence-electron chi connectivity index (χ2n) is 8.82. The van der Waals surface area contributed by atoms with Crippen molar-refractivity contribution in [1.82, 2.24) is 4.90 Å². The molecule has 0 aromatic heterocycles. The highest BCUT2D eigenvalue weighted by Crippen LogP contribution is 2.56. The van der Waals surface area contributed by atoms with Crippen LogP contribution in [-0.2, 0) is 18.3 Å². The summed E-state index contributed by atoms with van der Waals surface area (Å²) in [6.07, 6.45) is 8.68. The van der Waals surface area contributed by atoms with Gasteiger partial charge in [-0.05, 0) is 85.5 Å². The van der Waals surface area contributed by atoms with E-state index in [0.29, 0.717) is 23.0 Å². The molecule has 0 radical (unpaired) electrons. The Morgan fingerprint density at radius 1 is 0.963 bits per heavy atom. The third-order valence-corrected chi connectivity index (χ3v) is 7.56. The van der Waals surface area contributed by atoms with E-state index in [4.69, 9.17) is 0 Å². The predicted octanol–water partition coefficient (Wildman–Crippen LogP) is 4.40. The Balaban J connectivity index is 1.42. The van der Waals surface area contributed by atoms with Gasteiger partial charge in [0, 0.05) is 18.0 Å². The molecule has 3 aliphatic rings. The summed E-state index contributed by atoms with van der Waals surface area (Å²) in [5.41, 5.74) is 4.52. The molecule has 1 heterocycles. The zero-order chi connectivity index (χ0) is 18.4. The van der Waals surface area contributed by atoms with Crippen molar-refractivity contribution >= 4 is 0 Å². The fourth-order valence-electron chi connectivity index (χ4n) is 6.29. The first-order valence-electron chi connectivity index (χ1n) is 10.5. The van der Waals surface area contributed by atoms with E-state index >= 15 is 0 Å². The van der Waals surface area contributed by atoms with Gasteiger partial charge < -0.3 is 10.2 Å². The highest BCUT2D eigenvalue weighted by Gasteiger charge is 2.53. The van der Waals surface area contributed by atoms with Gasteiger partial charge in [-0.3, -0.25) is 4.90 Å². The Morgan fingerprint density at radius 2 is 1.78 bits per heavy atom. The summed E-state index contributed by atoms with van der Waals surface area (Å²) in [6, 6.07) is 14.4. The summed E-state index contributed by atoms with van der Waals surface area (Å²) < 4.78 is 0. The number of likely N-dealkylation sites (tertiary alicyclic amines) is 1. The zero-order valence-corrected chi connectivity index (χ0v) is 15.9. The van der Waals surface area contributed by atoms with Crippen LogP contribution in [0.1, 0.15) is 48.8 Å². The fourth-order valence-corrected chi connectivity index (χ4v) is 6.29. The summed E-state index contributed by atoms with van der Waals surface area (Å²) in [5.74, 6) is 1.51. The maximum absolute atomic E-state index is 10.1. The molecule has 2 fully saturated rings. The van der Waals surface area contributed by atoms with Crippen LogP contribution in [0.25, 0.3) is 0 Å². The number of benzene rings is 2. The number of nitrogens with zero attached hydrogens (tertiary/aromatic N) is 1. The molecular formula is C24H29NO2. The molecule has 2 bridgehead atoms. The lowest BCUT2D eigenvalue weighted by atomic mass is 9.52. The molecule has 2 N–H and O–H groups in total. The quantitative estimate of drug-likeness (QED) is 0.849. The summed E-state index contributed by atoms with van der Waals surface area (Å²) in [5, 5.41) is 19.6. The molecule has 3 heteroatoms. The molecule has 0 spiro atoms.